The number of hydrogen-bond acceptors (Lipinski definition) is 9. The number of benzene rings is 2. The molecule has 0 saturated carbocycles. The van der Waals surface area contributed by atoms with Crippen LogP contribution in [0.5, 0.6) is 23.0 Å². The van der Waals surface area contributed by atoms with Gasteiger partial charge in [-0.3, -0.25) is 19.7 Å². The monoisotopic (exact) mass is 432 g/mol. The van der Waals surface area contributed by atoms with Crippen molar-refractivity contribution in [1.82, 2.24) is 10.7 Å². The van der Waals surface area contributed by atoms with Crippen molar-refractivity contribution in [2.24, 2.45) is 5.10 Å². The lowest BCUT2D eigenvalue weighted by molar-refractivity contribution is -0.385. The number of ether oxygens (including phenoxy) is 3. The van der Waals surface area contributed by atoms with Crippen LogP contribution in [0.15, 0.2) is 35.4 Å². The molecule has 2 rings (SSSR count). The molecular weight excluding hydrogens is 412 g/mol. The second kappa shape index (κ2) is 10.4. The highest BCUT2D eigenvalue weighted by Crippen LogP contribution is 2.38. The van der Waals surface area contributed by atoms with Gasteiger partial charge in [0, 0.05) is 17.2 Å². The first-order valence-electron chi connectivity index (χ1n) is 8.68. The Morgan fingerprint density at radius 2 is 1.77 bits per heavy atom. The summed E-state index contributed by atoms with van der Waals surface area (Å²) in [4.78, 5) is 34.3. The largest absolute Gasteiger partial charge is 0.502 e. The van der Waals surface area contributed by atoms with Gasteiger partial charge in [-0.15, -0.1) is 0 Å². The Labute approximate surface area is 176 Å². The number of nitro benzene ring substituents is 1. The molecule has 0 bridgehead atoms. The number of rotatable bonds is 9. The van der Waals surface area contributed by atoms with Crippen LogP contribution in [0.2, 0.25) is 0 Å². The lowest BCUT2D eigenvalue weighted by Gasteiger charge is -2.14. The molecule has 0 radical (unpaired) electrons. The van der Waals surface area contributed by atoms with Crippen molar-refractivity contribution in [2.45, 2.75) is 0 Å². The van der Waals surface area contributed by atoms with Crippen LogP contribution < -0.4 is 25.0 Å². The summed E-state index contributed by atoms with van der Waals surface area (Å²) in [7, 11) is 4.25. The van der Waals surface area contributed by atoms with E-state index in [0.29, 0.717) is 5.75 Å². The number of carbonyl (C=O) groups is 2. The predicted molar refractivity (Wildman–Crippen MR) is 109 cm³/mol. The number of hydrogen-bond donors (Lipinski definition) is 3. The number of nitrogens with one attached hydrogen (secondary N) is 2. The zero-order valence-corrected chi connectivity index (χ0v) is 16.9. The van der Waals surface area contributed by atoms with E-state index in [0.717, 1.165) is 18.3 Å². The number of phenols is 1. The Morgan fingerprint density at radius 3 is 2.32 bits per heavy atom. The van der Waals surface area contributed by atoms with Gasteiger partial charge in [0.1, 0.15) is 0 Å². The second-order valence-corrected chi connectivity index (χ2v) is 5.90. The SMILES string of the molecule is COc1cc(C(=O)NCC(=O)NN=Cc2ccc(O)c([N+](=O)[O-])c2)cc(OC)c1OC. The lowest BCUT2D eigenvalue weighted by Crippen LogP contribution is -2.34. The summed E-state index contributed by atoms with van der Waals surface area (Å²) in [6.07, 6.45) is 1.16. The van der Waals surface area contributed by atoms with Crippen molar-refractivity contribution in [3.05, 3.63) is 51.6 Å². The van der Waals surface area contributed by atoms with Crippen LogP contribution in [0.1, 0.15) is 15.9 Å². The number of hydrazone groups is 1. The fraction of sp³-hybridized carbons (Fsp3) is 0.211. The van der Waals surface area contributed by atoms with Crippen molar-refractivity contribution >= 4 is 23.7 Å². The first kappa shape index (κ1) is 22.9. The van der Waals surface area contributed by atoms with E-state index in [1.807, 2.05) is 0 Å². The maximum absolute atomic E-state index is 12.3. The van der Waals surface area contributed by atoms with E-state index in [1.54, 1.807) is 0 Å². The van der Waals surface area contributed by atoms with Crippen molar-refractivity contribution < 1.29 is 33.8 Å². The fourth-order valence-electron chi connectivity index (χ4n) is 2.46. The van der Waals surface area contributed by atoms with Gasteiger partial charge in [0.25, 0.3) is 11.8 Å². The van der Waals surface area contributed by atoms with Crippen LogP contribution in [0.4, 0.5) is 5.69 Å². The summed E-state index contributed by atoms with van der Waals surface area (Å²) >= 11 is 0. The fourth-order valence-corrected chi connectivity index (χ4v) is 2.46. The zero-order chi connectivity index (χ0) is 23.0. The van der Waals surface area contributed by atoms with Crippen molar-refractivity contribution in [3.8, 4) is 23.0 Å². The molecule has 12 heteroatoms. The molecule has 0 aliphatic heterocycles. The van der Waals surface area contributed by atoms with Crippen LogP contribution >= 0.6 is 0 Å². The molecule has 0 saturated heterocycles. The van der Waals surface area contributed by atoms with Crippen molar-refractivity contribution in [3.63, 3.8) is 0 Å². The summed E-state index contributed by atoms with van der Waals surface area (Å²) in [5.74, 6) is -0.797. The number of nitrogens with zero attached hydrogens (tertiary/aromatic N) is 2. The third-order valence-electron chi connectivity index (χ3n) is 3.94. The van der Waals surface area contributed by atoms with Gasteiger partial charge >= 0.3 is 5.69 Å². The molecule has 0 atom stereocenters. The standard InChI is InChI=1S/C19H20N4O8/c1-29-15-7-12(8-16(30-2)18(15)31-3)19(26)20-10-17(25)22-21-9-11-4-5-14(24)13(6-11)23(27)28/h4-9,24H,10H2,1-3H3,(H,20,26)(H,22,25). The molecule has 2 aromatic rings. The van der Waals surface area contributed by atoms with Gasteiger partial charge in [0.2, 0.25) is 5.75 Å². The molecule has 0 spiro atoms. The van der Waals surface area contributed by atoms with E-state index >= 15 is 0 Å². The Bertz CT molecular complexity index is 997. The minimum absolute atomic E-state index is 0.183. The Balaban J connectivity index is 1.97. The van der Waals surface area contributed by atoms with E-state index in [9.17, 15) is 24.8 Å². The Hall–Kier alpha value is -4.35. The third kappa shape index (κ3) is 5.82. The maximum atomic E-state index is 12.3. The number of methoxy groups -OCH3 is 3. The van der Waals surface area contributed by atoms with E-state index in [-0.39, 0.29) is 29.2 Å². The second-order valence-electron chi connectivity index (χ2n) is 5.90. The molecule has 0 unspecified atom stereocenters. The van der Waals surface area contributed by atoms with Crippen molar-refractivity contribution in [1.29, 1.82) is 0 Å². The number of aromatic hydroxyl groups is 1. The average molecular weight is 432 g/mol. The topological polar surface area (TPSA) is 162 Å². The molecule has 0 fully saturated rings. The highest BCUT2D eigenvalue weighted by atomic mass is 16.6. The minimum Gasteiger partial charge on any atom is -0.502 e. The summed E-state index contributed by atoms with van der Waals surface area (Å²) in [5.41, 5.74) is 2.15. The van der Waals surface area contributed by atoms with Gasteiger partial charge in [0.05, 0.1) is 39.0 Å². The highest BCUT2D eigenvalue weighted by Gasteiger charge is 2.17. The maximum Gasteiger partial charge on any atom is 0.311 e. The van der Waals surface area contributed by atoms with Crippen LogP contribution in [-0.4, -0.2) is 55.9 Å². The normalized spacial score (nSPS) is 10.4. The molecule has 2 aromatic carbocycles. The van der Waals surface area contributed by atoms with Gasteiger partial charge in [0.15, 0.2) is 17.2 Å². The van der Waals surface area contributed by atoms with E-state index in [2.05, 4.69) is 15.8 Å². The van der Waals surface area contributed by atoms with Gasteiger partial charge in [-0.25, -0.2) is 5.43 Å². The number of phenolic OH excluding ortho intramolecular Hbond substituents is 1. The molecule has 0 aliphatic rings. The number of nitro groups is 1. The molecule has 12 nitrogen and oxygen atoms in total. The van der Waals surface area contributed by atoms with E-state index in [4.69, 9.17) is 14.2 Å². The molecule has 0 heterocycles. The molecule has 2 amide bonds. The van der Waals surface area contributed by atoms with E-state index < -0.39 is 28.2 Å². The summed E-state index contributed by atoms with van der Waals surface area (Å²) < 4.78 is 15.5. The molecule has 164 valence electrons. The summed E-state index contributed by atoms with van der Waals surface area (Å²) in [5, 5.41) is 26.3. The predicted octanol–water partition coefficient (Wildman–Crippen LogP) is 1.21. The Morgan fingerprint density at radius 1 is 1.13 bits per heavy atom. The van der Waals surface area contributed by atoms with Gasteiger partial charge in [-0.05, 0) is 24.3 Å². The first-order valence-corrected chi connectivity index (χ1v) is 8.68. The summed E-state index contributed by atoms with van der Waals surface area (Å²) in [6, 6.07) is 6.48. The van der Waals surface area contributed by atoms with Crippen LogP contribution in [0, 0.1) is 10.1 Å². The molecular formula is C19H20N4O8. The molecule has 0 aromatic heterocycles. The van der Waals surface area contributed by atoms with Crippen molar-refractivity contribution in [2.75, 3.05) is 27.9 Å². The lowest BCUT2D eigenvalue weighted by atomic mass is 10.1. The Kier molecular flexibility index (Phi) is 7.72. The zero-order valence-electron chi connectivity index (χ0n) is 16.9. The molecule has 31 heavy (non-hydrogen) atoms. The number of carbonyl (C=O) groups excluding carboxylic acids is 2. The van der Waals surface area contributed by atoms with Crippen LogP contribution in [0.3, 0.4) is 0 Å². The van der Waals surface area contributed by atoms with E-state index in [1.165, 1.54) is 39.5 Å². The van der Waals surface area contributed by atoms with Crippen LogP contribution in [0.25, 0.3) is 0 Å². The van der Waals surface area contributed by atoms with Gasteiger partial charge < -0.3 is 24.6 Å². The number of amides is 2. The van der Waals surface area contributed by atoms with Gasteiger partial charge in [-0.1, -0.05) is 0 Å². The third-order valence-corrected chi connectivity index (χ3v) is 3.94. The molecule has 0 aliphatic carbocycles. The highest BCUT2D eigenvalue weighted by molar-refractivity contribution is 5.97. The minimum atomic E-state index is -0.746. The quantitative estimate of drug-likeness (QED) is 0.302. The summed E-state index contributed by atoms with van der Waals surface area (Å²) in [6.45, 7) is -0.386. The average Bonchev–Trinajstić information content (AvgIpc) is 2.77. The van der Waals surface area contributed by atoms with Crippen LogP contribution in [-0.2, 0) is 4.79 Å². The van der Waals surface area contributed by atoms with Gasteiger partial charge in [-0.2, -0.15) is 5.10 Å². The molecule has 3 N–H and O–H groups in total. The smallest absolute Gasteiger partial charge is 0.311 e. The first-order chi connectivity index (χ1) is 14.8.